The summed E-state index contributed by atoms with van der Waals surface area (Å²) in [7, 11) is 1.64. The summed E-state index contributed by atoms with van der Waals surface area (Å²) < 4.78 is 34.8. The van der Waals surface area contributed by atoms with Crippen molar-refractivity contribution in [1.82, 2.24) is 9.13 Å². The number of anilines is 1. The Balaban J connectivity index is 1.61. The van der Waals surface area contributed by atoms with E-state index in [4.69, 9.17) is 4.74 Å². The van der Waals surface area contributed by atoms with Crippen LogP contribution in [0.15, 0.2) is 47.3 Å². The summed E-state index contributed by atoms with van der Waals surface area (Å²) in [6.07, 6.45) is -1.37. The lowest BCUT2D eigenvalue weighted by molar-refractivity contribution is -0.153. The lowest BCUT2D eigenvalue weighted by Crippen LogP contribution is -2.31. The highest BCUT2D eigenvalue weighted by molar-refractivity contribution is 5.95. The third-order valence-corrected chi connectivity index (χ3v) is 4.45. The molecule has 0 aliphatic heterocycles. The van der Waals surface area contributed by atoms with Crippen molar-refractivity contribution in [3.63, 3.8) is 0 Å². The van der Waals surface area contributed by atoms with Gasteiger partial charge in [-0.3, -0.25) is 18.7 Å². The molecule has 0 radical (unpaired) electrons. The molecule has 3 aromatic rings. The van der Waals surface area contributed by atoms with Crippen molar-refractivity contribution < 1.29 is 23.1 Å². The molecule has 7 nitrogen and oxygen atoms in total. The highest BCUT2D eigenvalue weighted by Crippen LogP contribution is 2.16. The van der Waals surface area contributed by atoms with Crippen LogP contribution in [-0.2, 0) is 27.9 Å². The summed E-state index contributed by atoms with van der Waals surface area (Å²) in [6.45, 7) is 1.39. The second-order valence-electron chi connectivity index (χ2n) is 6.48. The first kappa shape index (κ1) is 20.2. The van der Waals surface area contributed by atoms with Gasteiger partial charge in [-0.2, -0.15) is 0 Å². The number of carbonyl (C=O) groups is 2. The van der Waals surface area contributed by atoms with Crippen molar-refractivity contribution >= 4 is 28.6 Å². The fraction of sp³-hybridized carbons (Fsp3) is 0.250. The predicted molar refractivity (Wildman–Crippen MR) is 102 cm³/mol. The van der Waals surface area contributed by atoms with Gasteiger partial charge in [0.15, 0.2) is 6.10 Å². The minimum absolute atomic E-state index is 0.0753. The number of hydrogen-bond donors (Lipinski definition) is 1. The zero-order valence-corrected chi connectivity index (χ0v) is 15.8. The second kappa shape index (κ2) is 8.26. The monoisotopic (exact) mass is 403 g/mol. The third kappa shape index (κ3) is 4.34. The Hall–Kier alpha value is -3.49. The predicted octanol–water partition coefficient (Wildman–Crippen LogP) is 2.58. The van der Waals surface area contributed by atoms with Crippen LogP contribution >= 0.6 is 0 Å². The van der Waals surface area contributed by atoms with Crippen LogP contribution in [-0.4, -0.2) is 27.1 Å². The first-order valence-corrected chi connectivity index (χ1v) is 8.87. The fourth-order valence-corrected chi connectivity index (χ4v) is 2.92. The Morgan fingerprint density at radius 2 is 1.83 bits per heavy atom. The number of carbonyl (C=O) groups excluding carboxylic acids is 2. The van der Waals surface area contributed by atoms with Crippen LogP contribution in [0.5, 0.6) is 0 Å². The second-order valence-corrected chi connectivity index (χ2v) is 6.48. The number of benzene rings is 2. The summed E-state index contributed by atoms with van der Waals surface area (Å²) >= 11 is 0. The van der Waals surface area contributed by atoms with Gasteiger partial charge in [-0.05, 0) is 31.2 Å². The Bertz CT molecular complexity index is 1140. The van der Waals surface area contributed by atoms with Gasteiger partial charge in [0.2, 0.25) is 0 Å². The largest absolute Gasteiger partial charge is 0.452 e. The van der Waals surface area contributed by atoms with E-state index in [0.29, 0.717) is 5.52 Å². The fourth-order valence-electron chi connectivity index (χ4n) is 2.92. The molecule has 1 heterocycles. The van der Waals surface area contributed by atoms with Gasteiger partial charge < -0.3 is 10.1 Å². The number of imidazole rings is 1. The van der Waals surface area contributed by atoms with Gasteiger partial charge >= 0.3 is 11.7 Å². The Morgan fingerprint density at radius 1 is 1.14 bits per heavy atom. The van der Waals surface area contributed by atoms with Gasteiger partial charge in [0, 0.05) is 19.7 Å². The Labute approximate surface area is 164 Å². The lowest BCUT2D eigenvalue weighted by Gasteiger charge is -2.14. The molecule has 0 saturated heterocycles. The number of aromatic nitrogens is 2. The zero-order valence-electron chi connectivity index (χ0n) is 15.8. The highest BCUT2D eigenvalue weighted by Gasteiger charge is 2.20. The number of para-hydroxylation sites is 2. The maximum atomic E-state index is 13.6. The highest BCUT2D eigenvalue weighted by atomic mass is 19.1. The lowest BCUT2D eigenvalue weighted by atomic mass is 10.2. The Morgan fingerprint density at radius 3 is 2.55 bits per heavy atom. The van der Waals surface area contributed by atoms with Crippen molar-refractivity contribution in [2.24, 2.45) is 7.05 Å². The smallest absolute Gasteiger partial charge is 0.328 e. The number of amides is 1. The van der Waals surface area contributed by atoms with Gasteiger partial charge in [0.1, 0.15) is 11.6 Å². The molecule has 1 aromatic heterocycles. The quantitative estimate of drug-likeness (QED) is 0.642. The van der Waals surface area contributed by atoms with E-state index in [-0.39, 0.29) is 24.3 Å². The number of nitrogens with one attached hydrogen (secondary N) is 1. The number of hydrogen-bond acceptors (Lipinski definition) is 4. The molecule has 1 N–H and O–H groups in total. The van der Waals surface area contributed by atoms with E-state index in [9.17, 15) is 23.2 Å². The van der Waals surface area contributed by atoms with Gasteiger partial charge in [0.05, 0.1) is 23.1 Å². The van der Waals surface area contributed by atoms with Crippen molar-refractivity contribution in [2.45, 2.75) is 26.0 Å². The van der Waals surface area contributed by atoms with E-state index in [1.54, 1.807) is 25.2 Å². The van der Waals surface area contributed by atoms with Crippen molar-refractivity contribution in [2.75, 3.05) is 5.32 Å². The molecule has 1 atom stereocenters. The first-order chi connectivity index (χ1) is 13.8. The van der Waals surface area contributed by atoms with Gasteiger partial charge in [-0.1, -0.05) is 12.1 Å². The van der Waals surface area contributed by atoms with Gasteiger partial charge in [-0.25, -0.2) is 13.6 Å². The average Bonchev–Trinajstić information content (AvgIpc) is 2.93. The van der Waals surface area contributed by atoms with E-state index in [0.717, 1.165) is 23.7 Å². The molecule has 0 aliphatic rings. The van der Waals surface area contributed by atoms with Crippen LogP contribution in [0.3, 0.4) is 0 Å². The van der Waals surface area contributed by atoms with Crippen molar-refractivity contribution in [3.05, 3.63) is 64.6 Å². The molecule has 9 heteroatoms. The molecule has 0 saturated carbocycles. The normalized spacial score (nSPS) is 12.0. The number of fused-ring (bicyclic) bond motifs is 1. The summed E-state index contributed by atoms with van der Waals surface area (Å²) in [5.74, 6) is -3.03. The van der Waals surface area contributed by atoms with Gasteiger partial charge in [0.25, 0.3) is 5.91 Å². The van der Waals surface area contributed by atoms with Crippen LogP contribution in [0.4, 0.5) is 14.5 Å². The minimum Gasteiger partial charge on any atom is -0.452 e. The number of nitrogens with zero attached hydrogens (tertiary/aromatic N) is 2. The van der Waals surface area contributed by atoms with Crippen molar-refractivity contribution in [1.29, 1.82) is 0 Å². The molecule has 29 heavy (non-hydrogen) atoms. The first-order valence-electron chi connectivity index (χ1n) is 8.87. The van der Waals surface area contributed by atoms with Crippen LogP contribution < -0.4 is 11.0 Å². The molecule has 0 aliphatic carbocycles. The van der Waals surface area contributed by atoms with E-state index in [1.807, 2.05) is 6.07 Å². The van der Waals surface area contributed by atoms with Crippen LogP contribution in [0, 0.1) is 11.6 Å². The van der Waals surface area contributed by atoms with Crippen LogP contribution in [0.1, 0.15) is 13.3 Å². The van der Waals surface area contributed by atoms with Gasteiger partial charge in [-0.15, -0.1) is 0 Å². The molecule has 0 bridgehead atoms. The van der Waals surface area contributed by atoms with E-state index in [1.165, 1.54) is 16.1 Å². The molecular formula is C20H19F2N3O4. The molecule has 0 spiro atoms. The maximum Gasteiger partial charge on any atom is 0.328 e. The summed E-state index contributed by atoms with van der Waals surface area (Å²) in [4.78, 5) is 36.5. The standard InChI is InChI=1S/C20H19F2N3O4/c1-12(19(27)23-15-11-13(21)7-8-14(15)22)29-18(26)9-10-25-17-6-4-3-5-16(17)24(2)20(25)28/h3-8,11-12H,9-10H2,1-2H3,(H,23,27). The minimum atomic E-state index is -1.23. The van der Waals surface area contributed by atoms with Crippen LogP contribution in [0.2, 0.25) is 0 Å². The molecule has 2 aromatic carbocycles. The molecule has 1 amide bonds. The summed E-state index contributed by atoms with van der Waals surface area (Å²) in [6, 6.07) is 9.79. The number of halogens is 2. The number of esters is 1. The van der Waals surface area contributed by atoms with E-state index >= 15 is 0 Å². The SMILES string of the molecule is CC(OC(=O)CCn1c(=O)n(C)c2ccccc21)C(=O)Nc1cc(F)ccc1F. The third-order valence-electron chi connectivity index (χ3n) is 4.45. The van der Waals surface area contributed by atoms with Crippen molar-refractivity contribution in [3.8, 4) is 0 Å². The van der Waals surface area contributed by atoms with E-state index < -0.39 is 29.6 Å². The molecule has 3 rings (SSSR count). The zero-order chi connectivity index (χ0) is 21.1. The summed E-state index contributed by atoms with van der Waals surface area (Å²) in [5.41, 5.74) is 0.794. The number of aryl methyl sites for hydroxylation is 2. The number of rotatable bonds is 6. The molecule has 0 fully saturated rings. The topological polar surface area (TPSA) is 82.3 Å². The maximum absolute atomic E-state index is 13.6. The molecular weight excluding hydrogens is 384 g/mol. The average molecular weight is 403 g/mol. The molecule has 1 unspecified atom stereocenters. The summed E-state index contributed by atoms with van der Waals surface area (Å²) in [5, 5.41) is 2.18. The molecule has 152 valence electrons. The Kier molecular flexibility index (Phi) is 5.76. The van der Waals surface area contributed by atoms with Crippen LogP contribution in [0.25, 0.3) is 11.0 Å². The number of ether oxygens (including phenoxy) is 1. The van der Waals surface area contributed by atoms with E-state index in [2.05, 4.69) is 5.32 Å².